The monoisotopic (exact) mass is 347 g/mol. The number of aromatic hydroxyl groups is 1. The van der Waals surface area contributed by atoms with Gasteiger partial charge in [0.2, 0.25) is 0 Å². The minimum Gasteiger partial charge on any atom is -0.507 e. The van der Waals surface area contributed by atoms with Crippen LogP contribution in [0.4, 0.5) is 0 Å². The number of hydrogen-bond acceptors (Lipinski definition) is 2. The third-order valence-electron chi connectivity index (χ3n) is 2.49. The molecule has 0 fully saturated rings. The number of alkyl halides is 1. The van der Waals surface area contributed by atoms with Crippen molar-refractivity contribution < 1.29 is 9.90 Å². The Morgan fingerprint density at radius 1 is 1.18 bits per heavy atom. The summed E-state index contributed by atoms with van der Waals surface area (Å²) in [5, 5.41) is 12.3. The summed E-state index contributed by atoms with van der Waals surface area (Å²) in [5.41, 5.74) is 0.347. The van der Waals surface area contributed by atoms with Crippen LogP contribution in [0.25, 0.3) is 0 Å². The van der Waals surface area contributed by atoms with E-state index in [0.29, 0.717) is 12.1 Å². The molecule has 0 aliphatic rings. The Labute approximate surface area is 116 Å². The van der Waals surface area contributed by atoms with Gasteiger partial charge in [0.05, 0.1) is 5.56 Å². The minimum atomic E-state index is -0.197. The summed E-state index contributed by atoms with van der Waals surface area (Å²) in [5.74, 6) is -0.160. The summed E-state index contributed by atoms with van der Waals surface area (Å²) >= 11 is 2.37. The molecule has 0 heterocycles. The van der Waals surface area contributed by atoms with Crippen LogP contribution in [0.5, 0.6) is 5.75 Å². The second-order valence-corrected chi connectivity index (χ2v) is 4.95. The van der Waals surface area contributed by atoms with Crippen molar-refractivity contribution >= 4 is 28.5 Å². The molecule has 1 amide bonds. The summed E-state index contributed by atoms with van der Waals surface area (Å²) in [6, 6.07) is 6.60. The molecule has 4 heteroatoms. The summed E-state index contributed by atoms with van der Waals surface area (Å²) in [4.78, 5) is 11.7. The number of unbranched alkanes of at least 4 members (excludes halogenated alkanes) is 3. The van der Waals surface area contributed by atoms with Gasteiger partial charge in [0.15, 0.2) is 0 Å². The lowest BCUT2D eigenvalue weighted by atomic mass is 10.1. The Hall–Kier alpha value is -0.780. The number of phenolic OH excluding ortho intramolecular Hbond substituents is 1. The zero-order valence-electron chi connectivity index (χ0n) is 9.79. The second-order valence-electron chi connectivity index (χ2n) is 3.88. The average molecular weight is 347 g/mol. The number of carbonyl (C=O) groups excluding carboxylic acids is 1. The summed E-state index contributed by atoms with van der Waals surface area (Å²) in [6.45, 7) is 0.675. The Balaban J connectivity index is 2.24. The van der Waals surface area contributed by atoms with Crippen molar-refractivity contribution in [3.63, 3.8) is 0 Å². The number of hydrogen-bond donors (Lipinski definition) is 2. The number of amides is 1. The van der Waals surface area contributed by atoms with E-state index < -0.39 is 0 Å². The number of halogens is 1. The molecular formula is C13H18INO2. The van der Waals surface area contributed by atoms with Gasteiger partial charge in [0.25, 0.3) is 5.91 Å². The molecule has 2 N–H and O–H groups in total. The Bertz CT molecular complexity index is 355. The highest BCUT2D eigenvalue weighted by molar-refractivity contribution is 14.1. The number of nitrogens with one attached hydrogen (secondary N) is 1. The van der Waals surface area contributed by atoms with Gasteiger partial charge >= 0.3 is 0 Å². The minimum absolute atomic E-state index is 0.0370. The molecule has 3 nitrogen and oxygen atoms in total. The third kappa shape index (κ3) is 5.39. The maximum atomic E-state index is 11.7. The van der Waals surface area contributed by atoms with E-state index in [9.17, 15) is 9.90 Å². The fourth-order valence-corrected chi connectivity index (χ4v) is 2.08. The van der Waals surface area contributed by atoms with E-state index in [0.717, 1.165) is 12.8 Å². The lowest BCUT2D eigenvalue weighted by molar-refractivity contribution is 0.0950. The lowest BCUT2D eigenvalue weighted by Gasteiger charge is -2.06. The molecular weight excluding hydrogens is 329 g/mol. The number of para-hydroxylation sites is 1. The van der Waals surface area contributed by atoms with Gasteiger partial charge in [0, 0.05) is 6.54 Å². The molecule has 1 aromatic rings. The maximum absolute atomic E-state index is 11.7. The Morgan fingerprint density at radius 2 is 1.88 bits per heavy atom. The van der Waals surface area contributed by atoms with E-state index >= 15 is 0 Å². The van der Waals surface area contributed by atoms with Crippen LogP contribution in [0, 0.1) is 0 Å². The van der Waals surface area contributed by atoms with Crippen molar-refractivity contribution in [1.82, 2.24) is 5.32 Å². The molecule has 0 saturated carbocycles. The smallest absolute Gasteiger partial charge is 0.255 e. The molecule has 0 aliphatic carbocycles. The van der Waals surface area contributed by atoms with E-state index in [4.69, 9.17) is 0 Å². The van der Waals surface area contributed by atoms with Crippen molar-refractivity contribution in [3.05, 3.63) is 29.8 Å². The summed E-state index contributed by atoms with van der Waals surface area (Å²) in [7, 11) is 0. The summed E-state index contributed by atoms with van der Waals surface area (Å²) in [6.07, 6.45) is 4.60. The van der Waals surface area contributed by atoms with Gasteiger partial charge in [0.1, 0.15) is 5.75 Å². The molecule has 0 atom stereocenters. The van der Waals surface area contributed by atoms with Crippen molar-refractivity contribution in [1.29, 1.82) is 0 Å². The van der Waals surface area contributed by atoms with E-state index in [1.165, 1.54) is 23.3 Å². The van der Waals surface area contributed by atoms with Crippen molar-refractivity contribution in [3.8, 4) is 5.75 Å². The molecule has 94 valence electrons. The van der Waals surface area contributed by atoms with Crippen LogP contribution in [0.2, 0.25) is 0 Å². The zero-order valence-corrected chi connectivity index (χ0v) is 11.9. The van der Waals surface area contributed by atoms with Gasteiger partial charge in [-0.15, -0.1) is 0 Å². The second kappa shape index (κ2) is 8.33. The van der Waals surface area contributed by atoms with Crippen LogP contribution >= 0.6 is 22.6 Å². The standard InChI is InChI=1S/C13H18INO2/c14-9-5-1-2-6-10-15-13(17)11-7-3-4-8-12(11)16/h3-4,7-8,16H,1-2,5-6,9-10H2,(H,15,17). The predicted molar refractivity (Wildman–Crippen MR) is 77.8 cm³/mol. The van der Waals surface area contributed by atoms with E-state index in [-0.39, 0.29) is 11.7 Å². The third-order valence-corrected chi connectivity index (χ3v) is 3.26. The Kier molecular flexibility index (Phi) is 7.00. The van der Waals surface area contributed by atoms with Crippen molar-refractivity contribution in [2.45, 2.75) is 25.7 Å². The molecule has 0 bridgehead atoms. The van der Waals surface area contributed by atoms with Crippen molar-refractivity contribution in [2.75, 3.05) is 11.0 Å². The van der Waals surface area contributed by atoms with Crippen LogP contribution in [0.3, 0.4) is 0 Å². The molecule has 1 rings (SSSR count). The van der Waals surface area contributed by atoms with E-state index in [2.05, 4.69) is 27.9 Å². The fraction of sp³-hybridized carbons (Fsp3) is 0.462. The van der Waals surface area contributed by atoms with E-state index in [1.54, 1.807) is 18.2 Å². The molecule has 0 unspecified atom stereocenters. The van der Waals surface area contributed by atoms with Crippen LogP contribution in [0.1, 0.15) is 36.0 Å². The van der Waals surface area contributed by atoms with E-state index in [1.807, 2.05) is 0 Å². The van der Waals surface area contributed by atoms with Crippen LogP contribution in [-0.4, -0.2) is 22.0 Å². The largest absolute Gasteiger partial charge is 0.507 e. The number of phenols is 1. The molecule has 1 aromatic carbocycles. The van der Waals surface area contributed by atoms with Crippen LogP contribution < -0.4 is 5.32 Å². The zero-order chi connectivity index (χ0) is 12.5. The van der Waals surface area contributed by atoms with Crippen LogP contribution in [0.15, 0.2) is 24.3 Å². The molecule has 0 spiro atoms. The topological polar surface area (TPSA) is 49.3 Å². The normalized spacial score (nSPS) is 10.2. The lowest BCUT2D eigenvalue weighted by Crippen LogP contribution is -2.24. The first-order valence-electron chi connectivity index (χ1n) is 5.88. The Morgan fingerprint density at radius 3 is 2.59 bits per heavy atom. The number of rotatable bonds is 7. The van der Waals surface area contributed by atoms with Gasteiger partial charge in [-0.2, -0.15) is 0 Å². The van der Waals surface area contributed by atoms with Crippen molar-refractivity contribution in [2.24, 2.45) is 0 Å². The molecule has 17 heavy (non-hydrogen) atoms. The first-order valence-corrected chi connectivity index (χ1v) is 7.40. The first-order chi connectivity index (χ1) is 8.25. The predicted octanol–water partition coefficient (Wildman–Crippen LogP) is 3.12. The molecule has 0 saturated heterocycles. The summed E-state index contributed by atoms with van der Waals surface area (Å²) < 4.78 is 1.20. The molecule has 0 aromatic heterocycles. The van der Waals surface area contributed by atoms with Crippen LogP contribution in [-0.2, 0) is 0 Å². The van der Waals surface area contributed by atoms with Gasteiger partial charge < -0.3 is 10.4 Å². The van der Waals surface area contributed by atoms with Gasteiger partial charge in [-0.05, 0) is 29.4 Å². The van der Waals surface area contributed by atoms with Gasteiger partial charge in [-0.1, -0.05) is 47.6 Å². The highest BCUT2D eigenvalue weighted by Crippen LogP contribution is 2.14. The first kappa shape index (κ1) is 14.3. The SMILES string of the molecule is O=C(NCCCCCCI)c1ccccc1O. The fourth-order valence-electron chi connectivity index (χ4n) is 1.54. The number of benzene rings is 1. The average Bonchev–Trinajstić information content (AvgIpc) is 2.34. The van der Waals surface area contributed by atoms with Gasteiger partial charge in [-0.3, -0.25) is 4.79 Å². The molecule has 0 radical (unpaired) electrons. The maximum Gasteiger partial charge on any atom is 0.255 e. The highest BCUT2D eigenvalue weighted by atomic mass is 127. The highest BCUT2D eigenvalue weighted by Gasteiger charge is 2.08. The quantitative estimate of drug-likeness (QED) is 0.452. The molecule has 0 aliphatic heterocycles. The number of carbonyl (C=O) groups is 1. The van der Waals surface area contributed by atoms with Gasteiger partial charge in [-0.25, -0.2) is 0 Å².